The van der Waals surface area contributed by atoms with Crippen molar-refractivity contribution in [2.45, 2.75) is 46.7 Å². The minimum Gasteiger partial charge on any atom is -0.326 e. The van der Waals surface area contributed by atoms with E-state index in [-0.39, 0.29) is 11.8 Å². The third-order valence-electron chi connectivity index (χ3n) is 4.45. The van der Waals surface area contributed by atoms with Crippen molar-refractivity contribution in [1.29, 1.82) is 0 Å². The maximum Gasteiger partial charge on any atom is 0.226 e. The van der Waals surface area contributed by atoms with Crippen molar-refractivity contribution in [3.63, 3.8) is 0 Å². The van der Waals surface area contributed by atoms with Crippen LogP contribution in [0.3, 0.4) is 0 Å². The average molecular weight is 314 g/mol. The molecule has 0 spiro atoms. The first-order valence-electron chi connectivity index (χ1n) is 8.61. The number of anilines is 1. The normalized spacial score (nSPS) is 15.1. The van der Waals surface area contributed by atoms with Gasteiger partial charge in [-0.2, -0.15) is 0 Å². The number of fused-ring (bicyclic) bond motifs is 3. The third-order valence-corrected chi connectivity index (χ3v) is 4.45. The van der Waals surface area contributed by atoms with Crippen LogP contribution in [0.5, 0.6) is 0 Å². The van der Waals surface area contributed by atoms with Gasteiger partial charge in [0.05, 0.1) is 17.6 Å². The van der Waals surface area contributed by atoms with Crippen molar-refractivity contribution in [2.75, 3.05) is 18.4 Å². The van der Waals surface area contributed by atoms with Crippen LogP contribution in [0.25, 0.3) is 11.0 Å². The lowest BCUT2D eigenvalue weighted by Gasteiger charge is -2.27. The second-order valence-electron chi connectivity index (χ2n) is 6.66. The van der Waals surface area contributed by atoms with Crippen LogP contribution in [-0.2, 0) is 17.9 Å². The topological polar surface area (TPSA) is 50.2 Å². The maximum atomic E-state index is 11.8. The molecule has 5 heteroatoms. The van der Waals surface area contributed by atoms with Crippen LogP contribution in [-0.4, -0.2) is 33.4 Å². The summed E-state index contributed by atoms with van der Waals surface area (Å²) < 4.78 is 2.31. The molecule has 3 rings (SSSR count). The zero-order valence-corrected chi connectivity index (χ0v) is 14.3. The van der Waals surface area contributed by atoms with Gasteiger partial charge in [-0.05, 0) is 31.2 Å². The van der Waals surface area contributed by atoms with Gasteiger partial charge in [0.15, 0.2) is 0 Å². The standard InChI is InChI=1S/C18H26N4O/c1-4-5-8-21-9-10-22-16-7-6-14(19-18(23)13(2)3)11-15(16)20-17(22)12-21/h6-7,11,13H,4-5,8-10,12H2,1-3H3,(H,19,23). The number of carbonyl (C=O) groups is 1. The van der Waals surface area contributed by atoms with Gasteiger partial charge < -0.3 is 9.88 Å². The van der Waals surface area contributed by atoms with Crippen molar-refractivity contribution in [3.05, 3.63) is 24.0 Å². The van der Waals surface area contributed by atoms with Crippen molar-refractivity contribution in [2.24, 2.45) is 5.92 Å². The lowest BCUT2D eigenvalue weighted by molar-refractivity contribution is -0.118. The molecule has 5 nitrogen and oxygen atoms in total. The molecule has 1 N–H and O–H groups in total. The molecule has 0 fully saturated rings. The van der Waals surface area contributed by atoms with Crippen molar-refractivity contribution in [1.82, 2.24) is 14.5 Å². The molecule has 1 aromatic carbocycles. The van der Waals surface area contributed by atoms with Gasteiger partial charge in [0.25, 0.3) is 0 Å². The first kappa shape index (κ1) is 16.0. The molecule has 0 radical (unpaired) electrons. The van der Waals surface area contributed by atoms with Gasteiger partial charge in [0, 0.05) is 24.7 Å². The number of nitrogens with one attached hydrogen (secondary N) is 1. The summed E-state index contributed by atoms with van der Waals surface area (Å²) in [5, 5.41) is 2.95. The molecule has 0 aliphatic carbocycles. The molecule has 1 aliphatic heterocycles. The van der Waals surface area contributed by atoms with Crippen LogP contribution in [0.2, 0.25) is 0 Å². The van der Waals surface area contributed by atoms with E-state index in [9.17, 15) is 4.79 Å². The van der Waals surface area contributed by atoms with Gasteiger partial charge in [0.2, 0.25) is 5.91 Å². The van der Waals surface area contributed by atoms with E-state index in [0.717, 1.165) is 48.7 Å². The molecule has 0 unspecified atom stereocenters. The van der Waals surface area contributed by atoms with E-state index in [1.165, 1.54) is 12.8 Å². The van der Waals surface area contributed by atoms with Crippen LogP contribution in [0.1, 0.15) is 39.4 Å². The molecule has 1 amide bonds. The van der Waals surface area contributed by atoms with E-state index >= 15 is 0 Å². The predicted molar refractivity (Wildman–Crippen MR) is 93.4 cm³/mol. The zero-order chi connectivity index (χ0) is 16.4. The summed E-state index contributed by atoms with van der Waals surface area (Å²) in [5.41, 5.74) is 2.96. The van der Waals surface area contributed by atoms with Crippen LogP contribution >= 0.6 is 0 Å². The Kier molecular flexibility index (Phi) is 4.66. The molecule has 124 valence electrons. The summed E-state index contributed by atoms with van der Waals surface area (Å²) in [7, 11) is 0. The van der Waals surface area contributed by atoms with Crippen molar-refractivity contribution < 1.29 is 4.79 Å². The van der Waals surface area contributed by atoms with Crippen LogP contribution in [0, 0.1) is 5.92 Å². The minimum absolute atomic E-state index is 0.0203. The minimum atomic E-state index is -0.0203. The highest BCUT2D eigenvalue weighted by atomic mass is 16.1. The van der Waals surface area contributed by atoms with E-state index < -0.39 is 0 Å². The molecular formula is C18H26N4O. The molecule has 0 bridgehead atoms. The highest BCUT2D eigenvalue weighted by Crippen LogP contribution is 2.24. The molecule has 0 atom stereocenters. The first-order valence-corrected chi connectivity index (χ1v) is 8.61. The second-order valence-corrected chi connectivity index (χ2v) is 6.66. The number of unbranched alkanes of at least 4 members (excludes halogenated alkanes) is 1. The average Bonchev–Trinajstić information content (AvgIpc) is 2.89. The zero-order valence-electron chi connectivity index (χ0n) is 14.3. The first-order chi connectivity index (χ1) is 11.1. The number of hydrogen-bond donors (Lipinski definition) is 1. The van der Waals surface area contributed by atoms with E-state index in [2.05, 4.69) is 27.8 Å². The third kappa shape index (κ3) is 3.39. The van der Waals surface area contributed by atoms with Gasteiger partial charge in [-0.25, -0.2) is 4.98 Å². The Hall–Kier alpha value is -1.88. The second kappa shape index (κ2) is 6.71. The largest absolute Gasteiger partial charge is 0.326 e. The molecule has 1 aliphatic rings. The summed E-state index contributed by atoms with van der Waals surface area (Å²) in [5.74, 6) is 1.15. The summed E-state index contributed by atoms with van der Waals surface area (Å²) in [6.07, 6.45) is 2.47. The predicted octanol–water partition coefficient (Wildman–Crippen LogP) is 3.25. The number of rotatable bonds is 5. The fraction of sp³-hybridized carbons (Fsp3) is 0.556. The fourth-order valence-electron chi connectivity index (χ4n) is 3.01. The van der Waals surface area contributed by atoms with Gasteiger partial charge in [-0.15, -0.1) is 0 Å². The van der Waals surface area contributed by atoms with Crippen LogP contribution in [0.15, 0.2) is 18.2 Å². The molecule has 0 saturated carbocycles. The summed E-state index contributed by atoms with van der Waals surface area (Å²) in [4.78, 5) is 19.1. The number of benzene rings is 1. The molecule has 2 heterocycles. The number of carbonyl (C=O) groups excluding carboxylic acids is 1. The van der Waals surface area contributed by atoms with E-state index in [0.29, 0.717) is 0 Å². The highest BCUT2D eigenvalue weighted by Gasteiger charge is 2.20. The van der Waals surface area contributed by atoms with E-state index in [1.807, 2.05) is 26.0 Å². The fourth-order valence-corrected chi connectivity index (χ4v) is 3.01. The monoisotopic (exact) mass is 314 g/mol. The number of hydrogen-bond acceptors (Lipinski definition) is 3. The molecule has 1 aromatic heterocycles. The number of imidazole rings is 1. The Bertz CT molecular complexity index is 704. The van der Waals surface area contributed by atoms with Gasteiger partial charge in [-0.1, -0.05) is 27.2 Å². The number of aromatic nitrogens is 2. The highest BCUT2D eigenvalue weighted by molar-refractivity contribution is 5.94. The molecular weight excluding hydrogens is 288 g/mol. The van der Waals surface area contributed by atoms with E-state index in [4.69, 9.17) is 4.98 Å². The van der Waals surface area contributed by atoms with Crippen molar-refractivity contribution in [3.8, 4) is 0 Å². The van der Waals surface area contributed by atoms with Gasteiger partial charge in [-0.3, -0.25) is 9.69 Å². The van der Waals surface area contributed by atoms with Crippen molar-refractivity contribution >= 4 is 22.6 Å². The van der Waals surface area contributed by atoms with E-state index in [1.54, 1.807) is 0 Å². The lowest BCUT2D eigenvalue weighted by atomic mass is 10.2. The Morgan fingerprint density at radius 2 is 2.17 bits per heavy atom. The lowest BCUT2D eigenvalue weighted by Crippen LogP contribution is -2.34. The summed E-state index contributed by atoms with van der Waals surface area (Å²) >= 11 is 0. The summed E-state index contributed by atoms with van der Waals surface area (Å²) in [6.45, 7) is 10.2. The molecule has 0 saturated heterocycles. The SMILES string of the molecule is CCCCN1CCn2c(nc3cc(NC(=O)C(C)C)ccc32)C1. The summed E-state index contributed by atoms with van der Waals surface area (Å²) in [6, 6.07) is 6.03. The Balaban J connectivity index is 1.81. The smallest absolute Gasteiger partial charge is 0.226 e. The van der Waals surface area contributed by atoms with Crippen LogP contribution < -0.4 is 5.32 Å². The van der Waals surface area contributed by atoms with Gasteiger partial charge in [0.1, 0.15) is 5.82 Å². The number of nitrogens with zero attached hydrogens (tertiary/aromatic N) is 3. The Morgan fingerprint density at radius 3 is 2.91 bits per heavy atom. The number of amides is 1. The Morgan fingerprint density at radius 1 is 1.35 bits per heavy atom. The maximum absolute atomic E-state index is 11.8. The Labute approximate surface area is 137 Å². The van der Waals surface area contributed by atoms with Crippen LogP contribution in [0.4, 0.5) is 5.69 Å². The molecule has 23 heavy (non-hydrogen) atoms. The quantitative estimate of drug-likeness (QED) is 0.921. The van der Waals surface area contributed by atoms with Gasteiger partial charge >= 0.3 is 0 Å². The molecule has 2 aromatic rings.